The van der Waals surface area contributed by atoms with Gasteiger partial charge in [-0.2, -0.15) is 5.10 Å². The molecule has 5 heterocycles. The molecule has 49 heavy (non-hydrogen) atoms. The molecule has 1 fully saturated rings. The van der Waals surface area contributed by atoms with Crippen LogP contribution >= 0.6 is 0 Å². The Labute approximate surface area is 282 Å². The van der Waals surface area contributed by atoms with Crippen LogP contribution in [0.15, 0.2) is 79.4 Å². The van der Waals surface area contributed by atoms with Crippen LogP contribution in [-0.4, -0.2) is 94.8 Å². The number of hydrogen-bond donors (Lipinski definition) is 3. The van der Waals surface area contributed by atoms with Crippen LogP contribution in [0.1, 0.15) is 31.8 Å². The molecule has 2 atom stereocenters. The van der Waals surface area contributed by atoms with Crippen molar-refractivity contribution < 1.29 is 28.7 Å². The molecule has 3 aromatic carbocycles. The summed E-state index contributed by atoms with van der Waals surface area (Å²) in [7, 11) is 0. The van der Waals surface area contributed by atoms with Crippen molar-refractivity contribution in [2.75, 3.05) is 44.2 Å². The lowest BCUT2D eigenvalue weighted by Gasteiger charge is -2.22. The summed E-state index contributed by atoms with van der Waals surface area (Å²) in [6, 6.07) is 19.3. The second kappa shape index (κ2) is 14.2. The predicted octanol–water partition coefficient (Wildman–Crippen LogP) is 1.17. The third-order valence-electron chi connectivity index (χ3n) is 8.80. The van der Waals surface area contributed by atoms with Crippen LogP contribution in [0.3, 0.4) is 0 Å². The number of para-hydroxylation sites is 1. The lowest BCUT2D eigenvalue weighted by Crippen LogP contribution is -2.45. The first-order chi connectivity index (χ1) is 23.9. The van der Waals surface area contributed by atoms with E-state index < -0.39 is 24.0 Å². The van der Waals surface area contributed by atoms with Gasteiger partial charge in [0.2, 0.25) is 5.91 Å². The summed E-state index contributed by atoms with van der Waals surface area (Å²) in [5.41, 5.74) is 3.32. The normalized spacial score (nSPS) is 19.1. The molecule has 0 radical (unpaired) electrons. The van der Waals surface area contributed by atoms with E-state index in [1.807, 2.05) is 58.3 Å². The summed E-state index contributed by atoms with van der Waals surface area (Å²) in [6.45, 7) is 2.24. The number of ether oxygens (including phenoxy) is 2. The fourth-order valence-electron chi connectivity index (χ4n) is 6.30. The number of likely N-dealkylation sites (tertiary alicyclic amines) is 1. The lowest BCUT2D eigenvalue weighted by atomic mass is 10.1. The SMILES string of the molecule is O=C1COc2cc(C(=O)NCCn3cncn3)cc(c2)C(=O)N[C@H]2CN(CC(=O)N3CCc4ccccc43)C[C@@H]2Oc2ccc(cc2)CN1. The molecular formula is C35H36N8O6. The van der Waals surface area contributed by atoms with E-state index >= 15 is 0 Å². The van der Waals surface area contributed by atoms with Crippen molar-refractivity contribution in [1.82, 2.24) is 35.6 Å². The first kappa shape index (κ1) is 31.8. The predicted molar refractivity (Wildman–Crippen MR) is 177 cm³/mol. The topological polar surface area (TPSA) is 160 Å². The van der Waals surface area contributed by atoms with Crippen LogP contribution in [0.25, 0.3) is 0 Å². The van der Waals surface area contributed by atoms with Gasteiger partial charge in [-0.3, -0.25) is 28.8 Å². The Morgan fingerprint density at radius 2 is 1.86 bits per heavy atom. The van der Waals surface area contributed by atoms with Crippen molar-refractivity contribution in [3.63, 3.8) is 0 Å². The van der Waals surface area contributed by atoms with E-state index in [-0.39, 0.29) is 54.9 Å². The van der Waals surface area contributed by atoms with Crippen LogP contribution in [0.2, 0.25) is 0 Å². The van der Waals surface area contributed by atoms with E-state index in [1.165, 1.54) is 24.5 Å². The van der Waals surface area contributed by atoms with Gasteiger partial charge in [-0.15, -0.1) is 0 Å². The average Bonchev–Trinajstić information content (AvgIpc) is 3.87. The number of hydrogen-bond acceptors (Lipinski definition) is 9. The molecule has 14 nitrogen and oxygen atoms in total. The number of carbonyl (C=O) groups is 4. The minimum Gasteiger partial charge on any atom is -0.487 e. The number of carbonyl (C=O) groups excluding carboxylic acids is 4. The van der Waals surface area contributed by atoms with E-state index in [0.717, 1.165) is 23.2 Å². The third kappa shape index (κ3) is 7.54. The van der Waals surface area contributed by atoms with Gasteiger partial charge < -0.3 is 30.3 Å². The van der Waals surface area contributed by atoms with Gasteiger partial charge in [0.05, 0.1) is 19.1 Å². The number of amides is 4. The van der Waals surface area contributed by atoms with Crippen molar-refractivity contribution >= 4 is 29.3 Å². The third-order valence-corrected chi connectivity index (χ3v) is 8.80. The maximum Gasteiger partial charge on any atom is 0.258 e. The van der Waals surface area contributed by atoms with Gasteiger partial charge in [0, 0.05) is 49.5 Å². The molecule has 14 heteroatoms. The fraction of sp³-hybridized carbons (Fsp3) is 0.314. The average molecular weight is 665 g/mol. The number of nitrogens with zero attached hydrogens (tertiary/aromatic N) is 5. The standard InChI is InChI=1S/C35H36N8O6/c44-32-20-48-28-14-25(34(46)37-10-12-42-22-36-21-39-42)13-26(15-28)35(47)40-29-17-41(18-31(29)49-27-7-5-23(6-8-27)16-38-32)19-33(45)43-11-9-24-3-1-2-4-30(24)43/h1-8,13-15,21-22,29,31H,9-12,16-20H2,(H,37,46)(H,38,44)(H,40,47)/t29-,31-/m0/s1. The first-order valence-electron chi connectivity index (χ1n) is 16.2. The van der Waals surface area contributed by atoms with E-state index in [0.29, 0.717) is 31.9 Å². The first-order valence-corrected chi connectivity index (χ1v) is 16.2. The van der Waals surface area contributed by atoms with E-state index in [1.54, 1.807) is 11.0 Å². The number of nitrogens with one attached hydrogen (secondary N) is 3. The van der Waals surface area contributed by atoms with E-state index in [9.17, 15) is 19.2 Å². The summed E-state index contributed by atoms with van der Waals surface area (Å²) in [4.78, 5) is 60.8. The zero-order valence-electron chi connectivity index (χ0n) is 26.7. The number of rotatable bonds is 6. The van der Waals surface area contributed by atoms with Crippen LogP contribution < -0.4 is 30.3 Å². The molecule has 4 amide bonds. The lowest BCUT2D eigenvalue weighted by molar-refractivity contribution is -0.123. The quantitative estimate of drug-likeness (QED) is 0.275. The highest BCUT2D eigenvalue weighted by Gasteiger charge is 2.38. The van der Waals surface area contributed by atoms with Crippen LogP contribution in [-0.2, 0) is 29.1 Å². The Hall–Kier alpha value is -5.76. The van der Waals surface area contributed by atoms with E-state index in [4.69, 9.17) is 9.47 Å². The molecule has 4 bridgehead atoms. The molecule has 4 aliphatic rings. The maximum absolute atomic E-state index is 13.8. The van der Waals surface area contributed by atoms with E-state index in [2.05, 4.69) is 26.0 Å². The molecule has 252 valence electrons. The molecule has 8 rings (SSSR count). The molecule has 0 spiro atoms. The number of fused-ring (bicyclic) bond motifs is 8. The van der Waals surface area contributed by atoms with Gasteiger partial charge in [-0.25, -0.2) is 4.98 Å². The highest BCUT2D eigenvalue weighted by atomic mass is 16.5. The van der Waals surface area contributed by atoms with Gasteiger partial charge >= 0.3 is 0 Å². The fourth-order valence-corrected chi connectivity index (χ4v) is 6.30. The minimum absolute atomic E-state index is 0.0131. The molecule has 4 aromatic rings. The Morgan fingerprint density at radius 1 is 1.00 bits per heavy atom. The van der Waals surface area contributed by atoms with Crippen LogP contribution in [0.5, 0.6) is 11.5 Å². The summed E-state index contributed by atoms with van der Waals surface area (Å²) in [5, 5.41) is 12.8. The van der Waals surface area contributed by atoms with Crippen molar-refractivity contribution in [1.29, 1.82) is 0 Å². The zero-order chi connectivity index (χ0) is 33.7. The highest BCUT2D eigenvalue weighted by Crippen LogP contribution is 2.28. The summed E-state index contributed by atoms with van der Waals surface area (Å²) in [6.07, 6.45) is 3.30. The maximum atomic E-state index is 13.8. The molecule has 1 saturated heterocycles. The minimum atomic E-state index is -0.477. The molecule has 3 N–H and O–H groups in total. The highest BCUT2D eigenvalue weighted by molar-refractivity contribution is 6.00. The Kier molecular flexibility index (Phi) is 9.19. The molecule has 0 unspecified atom stereocenters. The van der Waals surface area contributed by atoms with Crippen molar-refractivity contribution in [3.05, 3.63) is 102 Å². The Bertz CT molecular complexity index is 1850. The Morgan fingerprint density at radius 3 is 2.69 bits per heavy atom. The molecule has 4 aliphatic heterocycles. The Balaban J connectivity index is 1.11. The van der Waals surface area contributed by atoms with Gasteiger partial charge in [0.1, 0.15) is 30.3 Å². The van der Waals surface area contributed by atoms with Crippen LogP contribution in [0.4, 0.5) is 5.69 Å². The van der Waals surface area contributed by atoms with Gasteiger partial charge in [-0.05, 0) is 53.9 Å². The molecular weight excluding hydrogens is 628 g/mol. The number of anilines is 1. The largest absolute Gasteiger partial charge is 0.487 e. The second-order valence-corrected chi connectivity index (χ2v) is 12.2. The molecule has 0 saturated carbocycles. The van der Waals surface area contributed by atoms with Gasteiger partial charge in [0.25, 0.3) is 17.7 Å². The number of aromatic nitrogens is 3. The van der Waals surface area contributed by atoms with Crippen LogP contribution in [0, 0.1) is 0 Å². The van der Waals surface area contributed by atoms with Crippen molar-refractivity contribution in [3.8, 4) is 11.5 Å². The molecule has 0 aliphatic carbocycles. The van der Waals surface area contributed by atoms with Gasteiger partial charge in [0.15, 0.2) is 6.61 Å². The summed E-state index contributed by atoms with van der Waals surface area (Å²) in [5.74, 6) is -0.464. The van der Waals surface area contributed by atoms with Gasteiger partial charge in [-0.1, -0.05) is 30.3 Å². The number of benzene rings is 3. The second-order valence-electron chi connectivity index (χ2n) is 12.2. The molecule has 1 aromatic heterocycles. The van der Waals surface area contributed by atoms with Crippen molar-refractivity contribution in [2.24, 2.45) is 0 Å². The van der Waals surface area contributed by atoms with Crippen molar-refractivity contribution in [2.45, 2.75) is 31.7 Å². The smallest absolute Gasteiger partial charge is 0.258 e. The monoisotopic (exact) mass is 664 g/mol. The summed E-state index contributed by atoms with van der Waals surface area (Å²) < 4.78 is 13.8. The zero-order valence-corrected chi connectivity index (χ0v) is 26.7. The summed E-state index contributed by atoms with van der Waals surface area (Å²) >= 11 is 0.